The third-order valence-electron chi connectivity index (χ3n) is 4.06. The quantitative estimate of drug-likeness (QED) is 0.774. The monoisotopic (exact) mass is 322 g/mol. The molecule has 0 aromatic heterocycles. The Bertz CT molecular complexity index is 492. The molecule has 1 fully saturated rings. The molecule has 5 heteroatoms. The predicted octanol–water partition coefficient (Wildman–Crippen LogP) is 2.68. The first kappa shape index (κ1) is 17.9. The van der Waals surface area contributed by atoms with Crippen LogP contribution in [-0.2, 0) is 16.1 Å². The number of carbonyl (C=O) groups excluding carboxylic acids is 1. The fourth-order valence-electron chi connectivity index (χ4n) is 2.87. The normalized spacial score (nSPS) is 18.4. The van der Waals surface area contributed by atoms with Crippen molar-refractivity contribution in [1.29, 1.82) is 0 Å². The fourth-order valence-corrected chi connectivity index (χ4v) is 2.87. The molecule has 0 radical (unpaired) electrons. The van der Waals surface area contributed by atoms with Crippen molar-refractivity contribution in [3.63, 3.8) is 0 Å². The molecule has 0 unspecified atom stereocenters. The van der Waals surface area contributed by atoms with Crippen molar-refractivity contribution in [3.8, 4) is 0 Å². The summed E-state index contributed by atoms with van der Waals surface area (Å²) in [5.41, 5.74) is 1.00. The highest BCUT2D eigenvalue weighted by molar-refractivity contribution is 5.78. The molecule has 1 aliphatic rings. The average molecular weight is 322 g/mol. The van der Waals surface area contributed by atoms with Crippen molar-refractivity contribution in [2.24, 2.45) is 0 Å². The molecule has 0 N–H and O–H groups in total. The maximum Gasteiger partial charge on any atom is 0.236 e. The number of hydrogen-bond donors (Lipinski definition) is 0. The molecule has 4 nitrogen and oxygen atoms in total. The first-order valence-electron chi connectivity index (χ1n) is 8.41. The van der Waals surface area contributed by atoms with Crippen molar-refractivity contribution in [3.05, 3.63) is 35.6 Å². The summed E-state index contributed by atoms with van der Waals surface area (Å²) < 4.78 is 18.7. The third kappa shape index (κ3) is 5.92. The summed E-state index contributed by atoms with van der Waals surface area (Å²) >= 11 is 0. The SMILES string of the molecule is CCCO[C@@H]1CCCN(C(=O)CN(C)Cc2ccc(F)cc2)C1. The van der Waals surface area contributed by atoms with E-state index < -0.39 is 0 Å². The zero-order chi connectivity index (χ0) is 16.7. The van der Waals surface area contributed by atoms with Crippen LogP contribution in [-0.4, -0.2) is 55.1 Å². The largest absolute Gasteiger partial charge is 0.376 e. The molecule has 1 saturated heterocycles. The van der Waals surface area contributed by atoms with E-state index in [0.717, 1.165) is 38.0 Å². The van der Waals surface area contributed by atoms with Crippen molar-refractivity contribution in [1.82, 2.24) is 9.80 Å². The van der Waals surface area contributed by atoms with Gasteiger partial charge in [-0.05, 0) is 44.0 Å². The standard InChI is InChI=1S/C18H27FN2O2/c1-3-11-23-17-5-4-10-21(13-17)18(22)14-20(2)12-15-6-8-16(19)9-7-15/h6-9,17H,3-5,10-14H2,1-2H3/t17-/m1/s1. The van der Waals surface area contributed by atoms with Gasteiger partial charge in [-0.3, -0.25) is 9.69 Å². The number of likely N-dealkylation sites (N-methyl/N-ethyl adjacent to an activating group) is 1. The van der Waals surface area contributed by atoms with Crippen LogP contribution in [0.5, 0.6) is 0 Å². The molecule has 0 saturated carbocycles. The number of halogens is 1. The van der Waals surface area contributed by atoms with Crippen LogP contribution in [0.2, 0.25) is 0 Å². The molecule has 1 aromatic carbocycles. The summed E-state index contributed by atoms with van der Waals surface area (Å²) in [7, 11) is 1.91. The van der Waals surface area contributed by atoms with Crippen LogP contribution in [0, 0.1) is 5.82 Å². The Morgan fingerprint density at radius 3 is 2.83 bits per heavy atom. The van der Waals surface area contributed by atoms with Gasteiger partial charge in [0.2, 0.25) is 5.91 Å². The van der Waals surface area contributed by atoms with Gasteiger partial charge in [-0.25, -0.2) is 4.39 Å². The number of carbonyl (C=O) groups is 1. The van der Waals surface area contributed by atoms with E-state index >= 15 is 0 Å². The Hall–Kier alpha value is -1.46. The Morgan fingerprint density at radius 1 is 1.39 bits per heavy atom. The number of likely N-dealkylation sites (tertiary alicyclic amines) is 1. The zero-order valence-electron chi connectivity index (χ0n) is 14.1. The molecule has 1 amide bonds. The smallest absolute Gasteiger partial charge is 0.236 e. The van der Waals surface area contributed by atoms with Crippen molar-refractivity contribution in [2.45, 2.75) is 38.8 Å². The van der Waals surface area contributed by atoms with Crippen molar-refractivity contribution in [2.75, 3.05) is 33.3 Å². The van der Waals surface area contributed by atoms with Crippen molar-refractivity contribution >= 4 is 5.91 Å². The number of nitrogens with zero attached hydrogens (tertiary/aromatic N) is 2. The molecule has 128 valence electrons. The van der Waals surface area contributed by atoms with Gasteiger partial charge in [0, 0.05) is 26.2 Å². The van der Waals surface area contributed by atoms with Gasteiger partial charge in [0.15, 0.2) is 0 Å². The second kappa shape index (κ2) is 8.99. The van der Waals surface area contributed by atoms with Crippen LogP contribution in [0.1, 0.15) is 31.7 Å². The van der Waals surface area contributed by atoms with Gasteiger partial charge in [-0.2, -0.15) is 0 Å². The van der Waals surface area contributed by atoms with E-state index in [-0.39, 0.29) is 17.8 Å². The number of hydrogen-bond acceptors (Lipinski definition) is 3. The van der Waals surface area contributed by atoms with Gasteiger partial charge in [0.25, 0.3) is 0 Å². The number of amides is 1. The molecule has 0 spiro atoms. The van der Waals surface area contributed by atoms with E-state index in [2.05, 4.69) is 6.92 Å². The average Bonchev–Trinajstić information content (AvgIpc) is 2.55. The molecule has 0 bridgehead atoms. The lowest BCUT2D eigenvalue weighted by atomic mass is 10.1. The highest BCUT2D eigenvalue weighted by Gasteiger charge is 2.24. The van der Waals surface area contributed by atoms with Gasteiger partial charge in [0.05, 0.1) is 12.6 Å². The van der Waals surface area contributed by atoms with Gasteiger partial charge in [-0.15, -0.1) is 0 Å². The van der Waals surface area contributed by atoms with E-state index in [1.807, 2.05) is 16.8 Å². The van der Waals surface area contributed by atoms with Gasteiger partial charge in [-0.1, -0.05) is 19.1 Å². The van der Waals surface area contributed by atoms with E-state index in [9.17, 15) is 9.18 Å². The van der Waals surface area contributed by atoms with Crippen LogP contribution in [0.3, 0.4) is 0 Å². The van der Waals surface area contributed by atoms with E-state index in [1.54, 1.807) is 12.1 Å². The zero-order valence-corrected chi connectivity index (χ0v) is 14.1. The topological polar surface area (TPSA) is 32.8 Å². The lowest BCUT2D eigenvalue weighted by molar-refractivity contribution is -0.136. The van der Waals surface area contributed by atoms with Crippen molar-refractivity contribution < 1.29 is 13.9 Å². The molecule has 1 aromatic rings. The summed E-state index contributed by atoms with van der Waals surface area (Å²) in [6.07, 6.45) is 3.22. The maximum atomic E-state index is 12.9. The summed E-state index contributed by atoms with van der Waals surface area (Å²) in [4.78, 5) is 16.3. The Labute approximate surface area is 138 Å². The minimum Gasteiger partial charge on any atom is -0.376 e. The second-order valence-corrected chi connectivity index (χ2v) is 6.27. The first-order valence-corrected chi connectivity index (χ1v) is 8.41. The van der Waals surface area contributed by atoms with Crippen LogP contribution in [0.25, 0.3) is 0 Å². The maximum absolute atomic E-state index is 12.9. The molecule has 1 aliphatic heterocycles. The third-order valence-corrected chi connectivity index (χ3v) is 4.06. The molecule has 1 heterocycles. The van der Waals surface area contributed by atoms with Gasteiger partial charge >= 0.3 is 0 Å². The number of ether oxygens (including phenoxy) is 1. The molecule has 2 rings (SSSR count). The number of rotatable bonds is 7. The highest BCUT2D eigenvalue weighted by atomic mass is 19.1. The number of benzene rings is 1. The van der Waals surface area contributed by atoms with Crippen LogP contribution < -0.4 is 0 Å². The van der Waals surface area contributed by atoms with Crippen LogP contribution in [0.15, 0.2) is 24.3 Å². The fraction of sp³-hybridized carbons (Fsp3) is 0.611. The minimum absolute atomic E-state index is 0.138. The van der Waals surface area contributed by atoms with E-state index in [4.69, 9.17) is 4.74 Å². The Kier molecular flexibility index (Phi) is 6.99. The molecular weight excluding hydrogens is 295 g/mol. The molecular formula is C18H27FN2O2. The summed E-state index contributed by atoms with van der Waals surface area (Å²) in [6, 6.07) is 6.41. The van der Waals surface area contributed by atoms with Crippen LogP contribution in [0.4, 0.5) is 4.39 Å². The summed E-state index contributed by atoms with van der Waals surface area (Å²) in [5, 5.41) is 0. The van der Waals surface area contributed by atoms with Gasteiger partial charge < -0.3 is 9.64 Å². The highest BCUT2D eigenvalue weighted by Crippen LogP contribution is 2.14. The molecule has 0 aliphatic carbocycles. The van der Waals surface area contributed by atoms with Crippen LogP contribution >= 0.6 is 0 Å². The summed E-state index contributed by atoms with van der Waals surface area (Å²) in [6.45, 7) is 5.37. The van der Waals surface area contributed by atoms with E-state index in [0.29, 0.717) is 19.6 Å². The summed E-state index contributed by atoms with van der Waals surface area (Å²) in [5.74, 6) is -0.0988. The molecule has 1 atom stereocenters. The van der Waals surface area contributed by atoms with Gasteiger partial charge in [0.1, 0.15) is 5.82 Å². The lowest BCUT2D eigenvalue weighted by Crippen LogP contribution is -2.46. The van der Waals surface area contributed by atoms with E-state index in [1.165, 1.54) is 12.1 Å². The Morgan fingerprint density at radius 2 is 2.13 bits per heavy atom. The minimum atomic E-state index is -0.237. The first-order chi connectivity index (χ1) is 11.1. The Balaban J connectivity index is 1.79. The predicted molar refractivity (Wildman–Crippen MR) is 88.6 cm³/mol. The second-order valence-electron chi connectivity index (χ2n) is 6.27. The number of piperidine rings is 1. The lowest BCUT2D eigenvalue weighted by Gasteiger charge is -2.33. The molecule has 23 heavy (non-hydrogen) atoms.